The van der Waals surface area contributed by atoms with E-state index in [1.807, 2.05) is 20.2 Å². The van der Waals surface area contributed by atoms with Crippen molar-refractivity contribution in [3.05, 3.63) is 54.0 Å². The molecule has 0 spiro atoms. The second-order valence-electron chi connectivity index (χ2n) is 12.3. The van der Waals surface area contributed by atoms with Gasteiger partial charge in [0, 0.05) is 81.1 Å². The normalized spacial score (nSPS) is 19.8. The number of hydrogen-bond donors (Lipinski definition) is 2. The van der Waals surface area contributed by atoms with Crippen molar-refractivity contribution in [2.75, 3.05) is 63.6 Å². The molecule has 0 atom stereocenters. The molecule has 4 heterocycles. The number of hydrogen-bond acceptors (Lipinski definition) is 8. The molecule has 0 unspecified atom stereocenters. The maximum absolute atomic E-state index is 13.7. The number of imidazole rings is 1. The highest BCUT2D eigenvalue weighted by Gasteiger charge is 2.27. The van der Waals surface area contributed by atoms with Gasteiger partial charge in [0.2, 0.25) is 5.95 Å². The molecule has 6 rings (SSSR count). The lowest BCUT2D eigenvalue weighted by molar-refractivity contribution is 0.102. The zero-order chi connectivity index (χ0) is 30.1. The van der Waals surface area contributed by atoms with Crippen molar-refractivity contribution in [3.8, 4) is 11.3 Å². The summed E-state index contributed by atoms with van der Waals surface area (Å²) in [5.41, 5.74) is 5.91. The number of aliphatic hydroxyl groups excluding tert-OH is 1. The number of carbonyl (C=O) groups excluding carboxylic acids is 1. The van der Waals surface area contributed by atoms with E-state index >= 15 is 0 Å². The summed E-state index contributed by atoms with van der Waals surface area (Å²) in [6.45, 7) is 8.09. The van der Waals surface area contributed by atoms with Crippen molar-refractivity contribution in [2.24, 2.45) is 7.05 Å². The molecule has 43 heavy (non-hydrogen) atoms. The average molecular weight is 586 g/mol. The Kier molecular flexibility index (Phi) is 8.47. The van der Waals surface area contributed by atoms with Gasteiger partial charge in [0.15, 0.2) is 0 Å². The van der Waals surface area contributed by atoms with Gasteiger partial charge in [-0.1, -0.05) is 0 Å². The summed E-state index contributed by atoms with van der Waals surface area (Å²) in [5, 5.41) is 17.6. The number of amides is 1. The number of piperazine rings is 1. The minimum absolute atomic E-state index is 0.145. The summed E-state index contributed by atoms with van der Waals surface area (Å²) < 4.78 is 3.92. The van der Waals surface area contributed by atoms with Crippen LogP contribution in [0.1, 0.15) is 47.8 Å². The first kappa shape index (κ1) is 29.3. The zero-order valence-electron chi connectivity index (χ0n) is 25.7. The maximum Gasteiger partial charge on any atom is 0.258 e. The lowest BCUT2D eigenvalue weighted by Crippen LogP contribution is -2.48. The van der Waals surface area contributed by atoms with Gasteiger partial charge < -0.3 is 19.5 Å². The van der Waals surface area contributed by atoms with Crippen LogP contribution in [-0.4, -0.2) is 105 Å². The number of nitrogens with zero attached hydrogens (tertiary/aromatic N) is 8. The first-order valence-corrected chi connectivity index (χ1v) is 15.3. The molecule has 2 fully saturated rings. The number of fused-ring (bicyclic) bond motifs is 1. The Balaban J connectivity index is 1.28. The lowest BCUT2D eigenvalue weighted by Gasteiger charge is -2.36. The summed E-state index contributed by atoms with van der Waals surface area (Å²) in [6, 6.07) is 10.2. The van der Waals surface area contributed by atoms with E-state index < -0.39 is 0 Å². The Morgan fingerprint density at radius 2 is 1.81 bits per heavy atom. The summed E-state index contributed by atoms with van der Waals surface area (Å²) in [5.74, 6) is 0.321. The number of rotatable bonds is 8. The van der Waals surface area contributed by atoms with Crippen LogP contribution in [0, 0.1) is 6.92 Å². The van der Waals surface area contributed by atoms with Crippen molar-refractivity contribution in [2.45, 2.75) is 44.8 Å². The molecule has 2 N–H and O–H groups in total. The van der Waals surface area contributed by atoms with Gasteiger partial charge in [-0.05, 0) is 77.0 Å². The van der Waals surface area contributed by atoms with Crippen LogP contribution < -0.4 is 10.2 Å². The third-order valence-corrected chi connectivity index (χ3v) is 8.75. The van der Waals surface area contributed by atoms with Crippen molar-refractivity contribution in [1.82, 2.24) is 34.1 Å². The first-order valence-electron chi connectivity index (χ1n) is 15.3. The third-order valence-electron chi connectivity index (χ3n) is 8.75. The van der Waals surface area contributed by atoms with E-state index in [4.69, 9.17) is 4.98 Å². The fourth-order valence-electron chi connectivity index (χ4n) is 6.30. The Labute approximate surface area is 253 Å². The van der Waals surface area contributed by atoms with Crippen molar-refractivity contribution in [1.29, 1.82) is 0 Å². The number of anilines is 2. The number of aliphatic hydroxyl groups is 1. The topological polar surface area (TPSA) is 108 Å². The molecule has 1 saturated heterocycles. The van der Waals surface area contributed by atoms with E-state index in [1.54, 1.807) is 23.0 Å². The standard InChI is InChI=1S/C32H43N9O2/c1-22-17-23(18-29(34-22)24-20-33-38(4)21-24)31(43)36-32-35-28-10-7-26(40-15-13-39(14-16-40)12-11-37(2)3)19-30(28)41(32)25-5-8-27(42)9-6-25/h7,10,17-21,25,27,42H,5-6,8-9,11-16H2,1-4H3,(H,35,36,43). The smallest absolute Gasteiger partial charge is 0.258 e. The van der Waals surface area contributed by atoms with Gasteiger partial charge in [0.25, 0.3) is 5.91 Å². The van der Waals surface area contributed by atoms with Crippen molar-refractivity contribution in [3.63, 3.8) is 0 Å². The highest BCUT2D eigenvalue weighted by atomic mass is 16.3. The summed E-state index contributed by atoms with van der Waals surface area (Å²) in [7, 11) is 6.10. The number of aromatic nitrogens is 5. The van der Waals surface area contributed by atoms with Crippen LogP contribution in [-0.2, 0) is 7.05 Å². The van der Waals surface area contributed by atoms with Crippen LogP contribution >= 0.6 is 0 Å². The molecule has 2 aliphatic rings. The van der Waals surface area contributed by atoms with Gasteiger partial charge in [-0.25, -0.2) is 4.98 Å². The monoisotopic (exact) mass is 585 g/mol. The predicted octanol–water partition coefficient (Wildman–Crippen LogP) is 3.55. The Hall–Kier alpha value is -3.80. The molecule has 0 radical (unpaired) electrons. The molecule has 11 heteroatoms. The fourth-order valence-corrected chi connectivity index (χ4v) is 6.30. The van der Waals surface area contributed by atoms with Gasteiger partial charge in [-0.2, -0.15) is 5.10 Å². The summed E-state index contributed by atoms with van der Waals surface area (Å²) >= 11 is 0. The van der Waals surface area contributed by atoms with E-state index in [-0.39, 0.29) is 18.1 Å². The van der Waals surface area contributed by atoms with Crippen molar-refractivity contribution >= 4 is 28.6 Å². The Morgan fingerprint density at radius 1 is 1.05 bits per heavy atom. The van der Waals surface area contributed by atoms with Gasteiger partial charge in [-0.15, -0.1) is 0 Å². The number of aryl methyl sites for hydroxylation is 2. The Bertz CT molecular complexity index is 1580. The molecule has 4 aromatic rings. The number of nitrogens with one attached hydrogen (secondary N) is 1. The molecule has 3 aromatic heterocycles. The zero-order valence-corrected chi connectivity index (χ0v) is 25.7. The van der Waals surface area contributed by atoms with Crippen LogP contribution in [0.5, 0.6) is 0 Å². The predicted molar refractivity (Wildman–Crippen MR) is 170 cm³/mol. The van der Waals surface area contributed by atoms with Crippen molar-refractivity contribution < 1.29 is 9.90 Å². The van der Waals surface area contributed by atoms with E-state index in [9.17, 15) is 9.90 Å². The highest BCUT2D eigenvalue weighted by molar-refractivity contribution is 6.05. The van der Waals surface area contributed by atoms with Gasteiger partial charge >= 0.3 is 0 Å². The second kappa shape index (κ2) is 12.4. The number of likely N-dealkylation sites (N-methyl/N-ethyl adjacent to an activating group) is 1. The summed E-state index contributed by atoms with van der Waals surface area (Å²) in [4.78, 5) is 30.5. The average Bonchev–Trinajstić information content (AvgIpc) is 3.59. The molecule has 1 saturated carbocycles. The Morgan fingerprint density at radius 3 is 2.51 bits per heavy atom. The SMILES string of the molecule is Cc1cc(C(=O)Nc2nc3ccc(N4CCN(CCN(C)C)CC4)cc3n2C2CCC(O)CC2)cc(-c2cnn(C)c2)n1. The third kappa shape index (κ3) is 6.58. The molecular weight excluding hydrogens is 542 g/mol. The van der Waals surface area contributed by atoms with Gasteiger partial charge in [0.1, 0.15) is 0 Å². The molecule has 1 aromatic carbocycles. The van der Waals surface area contributed by atoms with Crippen LogP contribution in [0.25, 0.3) is 22.3 Å². The van der Waals surface area contributed by atoms with Crippen LogP contribution in [0.2, 0.25) is 0 Å². The fraction of sp³-hybridized carbons (Fsp3) is 0.500. The first-order chi connectivity index (χ1) is 20.7. The van der Waals surface area contributed by atoms with E-state index in [0.29, 0.717) is 17.2 Å². The molecule has 1 aliphatic heterocycles. The van der Waals surface area contributed by atoms with Gasteiger partial charge in [-0.3, -0.25) is 24.7 Å². The number of benzene rings is 1. The van der Waals surface area contributed by atoms with Crippen LogP contribution in [0.3, 0.4) is 0 Å². The largest absolute Gasteiger partial charge is 0.393 e. The highest BCUT2D eigenvalue weighted by Crippen LogP contribution is 2.36. The van der Waals surface area contributed by atoms with E-state index in [0.717, 1.165) is 87.2 Å². The molecule has 1 amide bonds. The van der Waals surface area contributed by atoms with E-state index in [1.165, 1.54) is 5.69 Å². The molecule has 0 bridgehead atoms. The van der Waals surface area contributed by atoms with Gasteiger partial charge in [0.05, 0.1) is 29.0 Å². The molecule has 11 nitrogen and oxygen atoms in total. The summed E-state index contributed by atoms with van der Waals surface area (Å²) in [6.07, 6.45) is 6.53. The lowest BCUT2D eigenvalue weighted by atomic mass is 9.93. The molecule has 1 aliphatic carbocycles. The molecular formula is C32H43N9O2. The van der Waals surface area contributed by atoms with E-state index in [2.05, 4.69) is 67.0 Å². The maximum atomic E-state index is 13.7. The quantitative estimate of drug-likeness (QED) is 0.323. The minimum Gasteiger partial charge on any atom is -0.393 e. The molecule has 228 valence electrons. The second-order valence-corrected chi connectivity index (χ2v) is 12.3. The minimum atomic E-state index is -0.269. The van der Waals surface area contributed by atoms with Crippen LogP contribution in [0.15, 0.2) is 42.7 Å². The number of pyridine rings is 1. The van der Waals surface area contributed by atoms with Crippen LogP contribution in [0.4, 0.5) is 11.6 Å². The number of carbonyl (C=O) groups is 1.